The Morgan fingerprint density at radius 3 is 3.31 bits per heavy atom. The van der Waals surface area contributed by atoms with Gasteiger partial charge >= 0.3 is 6.03 Å². The minimum absolute atomic E-state index is 0.206. The van der Waals surface area contributed by atoms with E-state index in [1.807, 2.05) is 0 Å². The molecule has 1 aromatic rings. The average molecular weight is 241 g/mol. The number of rotatable bonds is 4. The number of carbonyl (C=O) groups excluding carboxylic acids is 1. The van der Waals surface area contributed by atoms with E-state index < -0.39 is 0 Å². The number of anilines is 1. The highest BCUT2D eigenvalue weighted by Crippen LogP contribution is 2.11. The topological polar surface area (TPSA) is 78.9 Å². The second-order valence-corrected chi connectivity index (χ2v) is 4.61. The quantitative estimate of drug-likeness (QED) is 0.723. The summed E-state index contributed by atoms with van der Waals surface area (Å²) >= 11 is 1.31. The van der Waals surface area contributed by atoms with Crippen molar-refractivity contribution in [3.8, 4) is 0 Å². The van der Waals surface area contributed by atoms with Crippen molar-refractivity contribution in [1.82, 2.24) is 20.8 Å². The van der Waals surface area contributed by atoms with Gasteiger partial charge in [0.05, 0.1) is 0 Å². The summed E-state index contributed by atoms with van der Waals surface area (Å²) in [6.07, 6.45) is 2.23. The largest absolute Gasteiger partial charge is 0.338 e. The normalized spacial score (nSPS) is 19.6. The molecule has 1 aliphatic heterocycles. The van der Waals surface area contributed by atoms with Crippen LogP contribution in [0.25, 0.3) is 0 Å². The van der Waals surface area contributed by atoms with Gasteiger partial charge in [-0.2, -0.15) is 0 Å². The van der Waals surface area contributed by atoms with Gasteiger partial charge in [-0.15, -0.1) is 10.2 Å². The molecule has 0 aromatic carbocycles. The molecule has 0 radical (unpaired) electrons. The highest BCUT2D eigenvalue weighted by Gasteiger charge is 2.14. The molecule has 16 heavy (non-hydrogen) atoms. The molecule has 0 unspecified atom stereocenters. The lowest BCUT2D eigenvalue weighted by Crippen LogP contribution is -2.30. The predicted molar refractivity (Wildman–Crippen MR) is 62.5 cm³/mol. The Kier molecular flexibility index (Phi) is 4.06. The summed E-state index contributed by atoms with van der Waals surface area (Å²) in [5, 5.41) is 16.6. The number of hydrogen-bond acceptors (Lipinski definition) is 5. The molecular formula is C9H15N5OS. The summed E-state index contributed by atoms with van der Waals surface area (Å²) in [5.74, 6) is 0.696. The van der Waals surface area contributed by atoms with Crippen LogP contribution in [0.15, 0.2) is 5.51 Å². The number of amides is 2. The molecule has 3 N–H and O–H groups in total. The Morgan fingerprint density at radius 1 is 1.69 bits per heavy atom. The van der Waals surface area contributed by atoms with Crippen molar-refractivity contribution in [2.45, 2.75) is 12.8 Å². The van der Waals surface area contributed by atoms with Gasteiger partial charge in [-0.3, -0.25) is 5.32 Å². The van der Waals surface area contributed by atoms with E-state index in [-0.39, 0.29) is 6.03 Å². The van der Waals surface area contributed by atoms with Crippen molar-refractivity contribution in [2.75, 3.05) is 25.0 Å². The van der Waals surface area contributed by atoms with Gasteiger partial charge in [-0.25, -0.2) is 4.79 Å². The van der Waals surface area contributed by atoms with E-state index in [9.17, 15) is 4.79 Å². The molecule has 0 saturated carbocycles. The maximum atomic E-state index is 11.4. The van der Waals surface area contributed by atoms with Crippen LogP contribution in [0.2, 0.25) is 0 Å². The van der Waals surface area contributed by atoms with Crippen LogP contribution >= 0.6 is 11.3 Å². The van der Waals surface area contributed by atoms with Crippen LogP contribution in [0.1, 0.15) is 12.8 Å². The standard InChI is InChI=1S/C9H15N5OS/c15-8(13-9-14-12-6-16-9)11-4-2-7-1-3-10-5-7/h6-7,10H,1-5H2,(H2,11,13,14,15)/t7-/m1/s1. The van der Waals surface area contributed by atoms with E-state index in [1.54, 1.807) is 5.51 Å². The third kappa shape index (κ3) is 3.42. The summed E-state index contributed by atoms with van der Waals surface area (Å²) < 4.78 is 0. The maximum absolute atomic E-state index is 11.4. The van der Waals surface area contributed by atoms with Gasteiger partial charge in [-0.1, -0.05) is 11.3 Å². The van der Waals surface area contributed by atoms with Crippen molar-refractivity contribution in [3.63, 3.8) is 0 Å². The molecule has 1 atom stereocenters. The second-order valence-electron chi connectivity index (χ2n) is 3.77. The molecule has 1 aromatic heterocycles. The third-order valence-corrected chi connectivity index (χ3v) is 3.19. The summed E-state index contributed by atoms with van der Waals surface area (Å²) in [6, 6.07) is -0.206. The Hall–Kier alpha value is -1.21. The van der Waals surface area contributed by atoms with Crippen molar-refractivity contribution >= 4 is 22.5 Å². The van der Waals surface area contributed by atoms with Gasteiger partial charge in [0, 0.05) is 6.54 Å². The van der Waals surface area contributed by atoms with Crippen LogP contribution < -0.4 is 16.0 Å². The first-order valence-corrected chi connectivity index (χ1v) is 6.24. The number of urea groups is 1. The highest BCUT2D eigenvalue weighted by molar-refractivity contribution is 7.13. The minimum atomic E-state index is -0.206. The van der Waals surface area contributed by atoms with E-state index in [0.717, 1.165) is 19.5 Å². The molecule has 0 bridgehead atoms. The van der Waals surface area contributed by atoms with Crippen molar-refractivity contribution < 1.29 is 4.79 Å². The van der Waals surface area contributed by atoms with Crippen LogP contribution in [0.5, 0.6) is 0 Å². The fourth-order valence-electron chi connectivity index (χ4n) is 1.72. The van der Waals surface area contributed by atoms with Gasteiger partial charge in [0.1, 0.15) is 5.51 Å². The number of nitrogens with zero attached hydrogens (tertiary/aromatic N) is 2. The third-order valence-electron chi connectivity index (χ3n) is 2.58. The summed E-state index contributed by atoms with van der Waals surface area (Å²) in [4.78, 5) is 11.4. The summed E-state index contributed by atoms with van der Waals surface area (Å²) in [7, 11) is 0. The van der Waals surface area contributed by atoms with Gasteiger partial charge < -0.3 is 10.6 Å². The van der Waals surface area contributed by atoms with E-state index in [4.69, 9.17) is 0 Å². The zero-order chi connectivity index (χ0) is 11.2. The number of nitrogens with one attached hydrogen (secondary N) is 3. The molecule has 6 nitrogen and oxygen atoms in total. The molecule has 0 aliphatic carbocycles. The first-order chi connectivity index (χ1) is 7.84. The molecule has 0 spiro atoms. The van der Waals surface area contributed by atoms with E-state index in [2.05, 4.69) is 26.1 Å². The van der Waals surface area contributed by atoms with E-state index >= 15 is 0 Å². The number of hydrogen-bond donors (Lipinski definition) is 3. The fourth-order valence-corrected chi connectivity index (χ4v) is 2.16. The number of aromatic nitrogens is 2. The lowest BCUT2D eigenvalue weighted by Gasteiger charge is -2.08. The van der Waals surface area contributed by atoms with Gasteiger partial charge in [0.25, 0.3) is 0 Å². The summed E-state index contributed by atoms with van der Waals surface area (Å²) in [6.45, 7) is 2.87. The monoisotopic (exact) mass is 241 g/mol. The van der Waals surface area contributed by atoms with Crippen LogP contribution in [-0.4, -0.2) is 35.9 Å². The van der Waals surface area contributed by atoms with E-state index in [1.165, 1.54) is 17.8 Å². The average Bonchev–Trinajstić information content (AvgIpc) is 2.90. The van der Waals surface area contributed by atoms with Gasteiger partial charge in [-0.05, 0) is 31.8 Å². The van der Waals surface area contributed by atoms with Gasteiger partial charge in [0.2, 0.25) is 5.13 Å². The zero-order valence-corrected chi connectivity index (χ0v) is 9.72. The Bertz CT molecular complexity index is 323. The molecule has 1 aliphatic rings. The Labute approximate surface area is 97.8 Å². The first-order valence-electron chi connectivity index (χ1n) is 5.36. The fraction of sp³-hybridized carbons (Fsp3) is 0.667. The molecular weight excluding hydrogens is 226 g/mol. The maximum Gasteiger partial charge on any atom is 0.321 e. The molecule has 1 saturated heterocycles. The molecule has 7 heteroatoms. The predicted octanol–water partition coefficient (Wildman–Crippen LogP) is 0.659. The van der Waals surface area contributed by atoms with Crippen LogP contribution in [0.3, 0.4) is 0 Å². The lowest BCUT2D eigenvalue weighted by atomic mass is 10.1. The molecule has 2 amide bonds. The van der Waals surface area contributed by atoms with Crippen LogP contribution in [0, 0.1) is 5.92 Å². The molecule has 2 heterocycles. The Morgan fingerprint density at radius 2 is 2.62 bits per heavy atom. The number of carbonyl (C=O) groups is 1. The zero-order valence-electron chi connectivity index (χ0n) is 8.90. The SMILES string of the molecule is O=C(NCC[C@H]1CCNC1)Nc1nncs1. The molecule has 2 rings (SSSR count). The van der Waals surface area contributed by atoms with Gasteiger partial charge in [0.15, 0.2) is 0 Å². The van der Waals surface area contributed by atoms with E-state index in [0.29, 0.717) is 17.6 Å². The highest BCUT2D eigenvalue weighted by atomic mass is 32.1. The summed E-state index contributed by atoms with van der Waals surface area (Å²) in [5.41, 5.74) is 1.58. The van der Waals surface area contributed by atoms with Crippen molar-refractivity contribution in [1.29, 1.82) is 0 Å². The Balaban J connectivity index is 1.60. The molecule has 1 fully saturated rings. The van der Waals surface area contributed by atoms with Crippen LogP contribution in [0.4, 0.5) is 9.93 Å². The smallest absolute Gasteiger partial charge is 0.321 e. The minimum Gasteiger partial charge on any atom is -0.338 e. The second kappa shape index (κ2) is 5.76. The van der Waals surface area contributed by atoms with Crippen LogP contribution in [-0.2, 0) is 0 Å². The first kappa shape index (κ1) is 11.3. The molecule has 88 valence electrons. The lowest BCUT2D eigenvalue weighted by molar-refractivity contribution is 0.251. The van der Waals surface area contributed by atoms with Crippen molar-refractivity contribution in [2.24, 2.45) is 5.92 Å². The van der Waals surface area contributed by atoms with Crippen molar-refractivity contribution in [3.05, 3.63) is 5.51 Å².